The summed E-state index contributed by atoms with van der Waals surface area (Å²) in [5.41, 5.74) is 1.02. The number of rotatable bonds is 2. The van der Waals surface area contributed by atoms with Crippen molar-refractivity contribution in [2.75, 3.05) is 18.0 Å². The molecule has 0 spiro atoms. The van der Waals surface area contributed by atoms with Gasteiger partial charge >= 0.3 is 5.97 Å². The molecule has 1 aliphatic heterocycles. The van der Waals surface area contributed by atoms with Gasteiger partial charge in [0.2, 0.25) is 0 Å². The van der Waals surface area contributed by atoms with Crippen LogP contribution in [0.3, 0.4) is 0 Å². The number of carboxylic acid groups (broad SMARTS) is 1. The van der Waals surface area contributed by atoms with Crippen LogP contribution in [-0.4, -0.2) is 24.2 Å². The van der Waals surface area contributed by atoms with Gasteiger partial charge in [0.1, 0.15) is 0 Å². The smallest absolute Gasteiger partial charge is 0.324 e. The first-order valence-electron chi connectivity index (χ1n) is 6.14. The predicted octanol–water partition coefficient (Wildman–Crippen LogP) is 2.95. The quantitative estimate of drug-likeness (QED) is 0.909. The number of aryl methyl sites for hydroxylation is 1. The number of hydrogen-bond donors (Lipinski definition) is 1. The molecule has 4 nitrogen and oxygen atoms in total. The Morgan fingerprint density at radius 1 is 1.47 bits per heavy atom. The lowest BCUT2D eigenvalue weighted by Gasteiger charge is -2.36. The van der Waals surface area contributed by atoms with E-state index in [1.165, 1.54) is 0 Å². The van der Waals surface area contributed by atoms with Crippen molar-refractivity contribution in [3.8, 4) is 6.07 Å². The van der Waals surface area contributed by atoms with E-state index in [1.54, 1.807) is 0 Å². The van der Waals surface area contributed by atoms with Crippen LogP contribution in [0.1, 0.15) is 18.4 Å². The van der Waals surface area contributed by atoms with Crippen molar-refractivity contribution in [1.29, 1.82) is 5.26 Å². The summed E-state index contributed by atoms with van der Waals surface area (Å²) in [5, 5.41) is 18.3. The van der Waals surface area contributed by atoms with E-state index in [0.29, 0.717) is 25.9 Å². The first-order chi connectivity index (χ1) is 8.98. The molecule has 1 aliphatic rings. The van der Waals surface area contributed by atoms with E-state index in [2.05, 4.69) is 20.8 Å². The molecule has 1 aromatic carbocycles. The van der Waals surface area contributed by atoms with Crippen LogP contribution >= 0.6 is 15.9 Å². The van der Waals surface area contributed by atoms with Crippen molar-refractivity contribution in [2.45, 2.75) is 19.8 Å². The number of nitriles is 1. The predicted molar refractivity (Wildman–Crippen MR) is 76.0 cm³/mol. The van der Waals surface area contributed by atoms with E-state index in [4.69, 9.17) is 5.26 Å². The summed E-state index contributed by atoms with van der Waals surface area (Å²) in [7, 11) is 0. The minimum Gasteiger partial charge on any atom is -0.480 e. The minimum atomic E-state index is -1.21. The van der Waals surface area contributed by atoms with Crippen molar-refractivity contribution in [2.24, 2.45) is 5.41 Å². The fourth-order valence-electron chi connectivity index (χ4n) is 2.30. The van der Waals surface area contributed by atoms with Gasteiger partial charge in [-0.2, -0.15) is 5.26 Å². The number of hydrogen-bond acceptors (Lipinski definition) is 3. The van der Waals surface area contributed by atoms with Crippen LogP contribution < -0.4 is 4.90 Å². The molecule has 0 aliphatic carbocycles. The molecule has 0 amide bonds. The second-order valence-electron chi connectivity index (χ2n) is 4.92. The third-order valence-corrected chi connectivity index (χ3v) is 4.62. The van der Waals surface area contributed by atoms with Gasteiger partial charge in [0.25, 0.3) is 0 Å². The number of piperidine rings is 1. The van der Waals surface area contributed by atoms with Crippen LogP contribution in [0.4, 0.5) is 5.69 Å². The molecule has 0 saturated carbocycles. The molecule has 0 unspecified atom stereocenters. The Morgan fingerprint density at radius 3 is 2.58 bits per heavy atom. The first-order valence-corrected chi connectivity index (χ1v) is 6.93. The summed E-state index contributed by atoms with van der Waals surface area (Å²) in [4.78, 5) is 13.3. The number of aliphatic carboxylic acids is 1. The van der Waals surface area contributed by atoms with Crippen molar-refractivity contribution >= 4 is 27.6 Å². The van der Waals surface area contributed by atoms with E-state index in [-0.39, 0.29) is 0 Å². The Kier molecular flexibility index (Phi) is 3.81. The van der Waals surface area contributed by atoms with Crippen LogP contribution in [0.25, 0.3) is 0 Å². The summed E-state index contributed by atoms with van der Waals surface area (Å²) < 4.78 is 1.04. The number of carbonyl (C=O) groups is 1. The van der Waals surface area contributed by atoms with Crippen LogP contribution in [0.15, 0.2) is 22.7 Å². The molecule has 0 bridgehead atoms. The van der Waals surface area contributed by atoms with Gasteiger partial charge in [-0.1, -0.05) is 22.0 Å². The summed E-state index contributed by atoms with van der Waals surface area (Å²) in [6.07, 6.45) is 0.731. The molecule has 1 saturated heterocycles. The normalized spacial score (nSPS) is 17.8. The molecule has 100 valence electrons. The molecule has 1 aromatic rings. The summed E-state index contributed by atoms with van der Waals surface area (Å²) in [5.74, 6) is -1.00. The molecule has 1 fully saturated rings. The van der Waals surface area contributed by atoms with Crippen molar-refractivity contribution in [1.82, 2.24) is 0 Å². The lowest BCUT2D eigenvalue weighted by Crippen LogP contribution is -2.43. The third kappa shape index (κ3) is 2.59. The van der Waals surface area contributed by atoms with Crippen molar-refractivity contribution < 1.29 is 9.90 Å². The highest BCUT2D eigenvalue weighted by atomic mass is 79.9. The highest BCUT2D eigenvalue weighted by Gasteiger charge is 2.42. The van der Waals surface area contributed by atoms with Gasteiger partial charge < -0.3 is 10.0 Å². The Labute approximate surface area is 120 Å². The number of carboxylic acids is 1. The summed E-state index contributed by atoms with van der Waals surface area (Å²) in [6.45, 7) is 3.21. The minimum absolute atomic E-state index is 0.365. The fraction of sp³-hybridized carbons (Fsp3) is 0.429. The Morgan fingerprint density at radius 2 is 2.11 bits per heavy atom. The van der Waals surface area contributed by atoms with Gasteiger partial charge in [0.15, 0.2) is 5.41 Å². The van der Waals surface area contributed by atoms with Crippen LogP contribution in [-0.2, 0) is 4.79 Å². The molecule has 1 heterocycles. The number of anilines is 1. The zero-order chi connectivity index (χ0) is 14.0. The molecule has 19 heavy (non-hydrogen) atoms. The van der Waals surface area contributed by atoms with E-state index in [1.807, 2.05) is 31.2 Å². The lowest BCUT2D eigenvalue weighted by molar-refractivity contribution is -0.146. The molecule has 1 N–H and O–H groups in total. The third-order valence-electron chi connectivity index (χ3n) is 3.76. The Hall–Kier alpha value is -1.54. The van der Waals surface area contributed by atoms with Gasteiger partial charge in [0.05, 0.1) is 6.07 Å². The zero-order valence-corrected chi connectivity index (χ0v) is 12.3. The first kappa shape index (κ1) is 13.9. The van der Waals surface area contributed by atoms with Crippen molar-refractivity contribution in [3.05, 3.63) is 28.2 Å². The van der Waals surface area contributed by atoms with E-state index in [0.717, 1.165) is 15.7 Å². The van der Waals surface area contributed by atoms with Crippen molar-refractivity contribution in [3.63, 3.8) is 0 Å². The highest BCUT2D eigenvalue weighted by molar-refractivity contribution is 9.10. The molecular weight excluding hydrogens is 308 g/mol. The van der Waals surface area contributed by atoms with Gasteiger partial charge in [0, 0.05) is 23.2 Å². The monoisotopic (exact) mass is 322 g/mol. The van der Waals surface area contributed by atoms with Crippen LogP contribution in [0.5, 0.6) is 0 Å². The number of nitrogens with zero attached hydrogens (tertiary/aromatic N) is 2. The topological polar surface area (TPSA) is 64.3 Å². The summed E-state index contributed by atoms with van der Waals surface area (Å²) >= 11 is 3.50. The molecule has 5 heteroatoms. The van der Waals surface area contributed by atoms with Gasteiger partial charge in [-0.3, -0.25) is 4.79 Å². The van der Waals surface area contributed by atoms with Gasteiger partial charge in [-0.25, -0.2) is 0 Å². The van der Waals surface area contributed by atoms with Crippen LogP contribution in [0.2, 0.25) is 0 Å². The summed E-state index contributed by atoms with van der Waals surface area (Å²) in [6, 6.07) is 8.07. The second kappa shape index (κ2) is 5.22. The van der Waals surface area contributed by atoms with E-state index < -0.39 is 11.4 Å². The number of halogens is 1. The molecular formula is C14H15BrN2O2. The van der Waals surface area contributed by atoms with E-state index in [9.17, 15) is 9.90 Å². The largest absolute Gasteiger partial charge is 0.480 e. The average Bonchev–Trinajstić information content (AvgIpc) is 2.42. The maximum absolute atomic E-state index is 11.2. The Bertz CT molecular complexity index is 543. The lowest BCUT2D eigenvalue weighted by atomic mass is 9.80. The maximum atomic E-state index is 11.2. The number of benzene rings is 1. The fourth-order valence-corrected chi connectivity index (χ4v) is 2.67. The molecule has 2 rings (SSSR count). The molecule has 0 aromatic heterocycles. The standard InChI is InChI=1S/C14H15BrN2O2/c1-10-2-3-11(8-12(10)15)17-6-4-14(9-16,5-7-17)13(18)19/h2-3,8H,4-7H2,1H3,(H,18,19). The zero-order valence-electron chi connectivity index (χ0n) is 10.7. The van der Waals surface area contributed by atoms with E-state index >= 15 is 0 Å². The van der Waals surface area contributed by atoms with Gasteiger partial charge in [-0.05, 0) is 37.5 Å². The molecule has 0 atom stereocenters. The maximum Gasteiger partial charge on any atom is 0.324 e. The van der Waals surface area contributed by atoms with Gasteiger partial charge in [-0.15, -0.1) is 0 Å². The second-order valence-corrected chi connectivity index (χ2v) is 5.77. The average molecular weight is 323 g/mol. The highest BCUT2D eigenvalue weighted by Crippen LogP contribution is 2.34. The SMILES string of the molecule is Cc1ccc(N2CCC(C#N)(C(=O)O)CC2)cc1Br. The van der Waals surface area contributed by atoms with Crippen LogP contribution in [0, 0.1) is 23.7 Å². The molecule has 0 radical (unpaired) electrons. The Balaban J connectivity index is 2.14.